The fourth-order valence-corrected chi connectivity index (χ4v) is 0.960. The molecule has 0 bridgehead atoms. The standard InChI is InChI=1S/C8H10N4/c1-10-7-4-12-5-8(11-2)6(7)3-9/h4-5,10-11H,1-2H3. The number of nitriles is 1. The molecule has 0 saturated carbocycles. The van der Waals surface area contributed by atoms with E-state index in [0.717, 1.165) is 11.4 Å². The molecule has 0 amide bonds. The molecule has 2 N–H and O–H groups in total. The van der Waals surface area contributed by atoms with Crippen LogP contribution in [-0.4, -0.2) is 19.1 Å². The Morgan fingerprint density at radius 2 is 1.75 bits per heavy atom. The molecule has 1 heterocycles. The number of hydrogen-bond donors (Lipinski definition) is 2. The van der Waals surface area contributed by atoms with E-state index in [4.69, 9.17) is 5.26 Å². The second kappa shape index (κ2) is 3.58. The van der Waals surface area contributed by atoms with E-state index in [-0.39, 0.29) is 0 Å². The van der Waals surface area contributed by atoms with E-state index in [1.165, 1.54) is 0 Å². The first-order valence-corrected chi connectivity index (χ1v) is 3.57. The molecule has 12 heavy (non-hydrogen) atoms. The maximum absolute atomic E-state index is 8.80. The van der Waals surface area contributed by atoms with E-state index in [0.29, 0.717) is 5.56 Å². The zero-order valence-corrected chi connectivity index (χ0v) is 7.05. The second-order valence-electron chi connectivity index (χ2n) is 2.22. The van der Waals surface area contributed by atoms with Crippen molar-refractivity contribution in [1.82, 2.24) is 4.98 Å². The van der Waals surface area contributed by atoms with Crippen LogP contribution in [0.5, 0.6) is 0 Å². The molecule has 1 rings (SSSR count). The van der Waals surface area contributed by atoms with Crippen LogP contribution in [-0.2, 0) is 0 Å². The van der Waals surface area contributed by atoms with Gasteiger partial charge in [-0.15, -0.1) is 0 Å². The average molecular weight is 162 g/mol. The Bertz CT molecular complexity index is 291. The maximum Gasteiger partial charge on any atom is 0.104 e. The summed E-state index contributed by atoms with van der Waals surface area (Å²) in [5.41, 5.74) is 2.07. The van der Waals surface area contributed by atoms with Crippen LogP contribution in [0.4, 0.5) is 11.4 Å². The molecule has 62 valence electrons. The third-order valence-electron chi connectivity index (χ3n) is 1.60. The zero-order chi connectivity index (χ0) is 8.97. The lowest BCUT2D eigenvalue weighted by atomic mass is 10.2. The Morgan fingerprint density at radius 3 is 2.08 bits per heavy atom. The van der Waals surface area contributed by atoms with Crippen LogP contribution >= 0.6 is 0 Å². The van der Waals surface area contributed by atoms with Crippen molar-refractivity contribution in [2.24, 2.45) is 0 Å². The molecule has 0 aliphatic rings. The molecular weight excluding hydrogens is 152 g/mol. The van der Waals surface area contributed by atoms with Crippen LogP contribution in [0.25, 0.3) is 0 Å². The number of nitrogens with one attached hydrogen (secondary N) is 2. The lowest BCUT2D eigenvalue weighted by Gasteiger charge is -2.06. The molecule has 0 radical (unpaired) electrons. The maximum atomic E-state index is 8.80. The molecule has 4 nitrogen and oxygen atoms in total. The largest absolute Gasteiger partial charge is 0.386 e. The summed E-state index contributed by atoms with van der Waals surface area (Å²) < 4.78 is 0. The lowest BCUT2D eigenvalue weighted by Crippen LogP contribution is -1.98. The minimum Gasteiger partial charge on any atom is -0.386 e. The van der Waals surface area contributed by atoms with Crippen LogP contribution in [0.2, 0.25) is 0 Å². The summed E-state index contributed by atoms with van der Waals surface area (Å²) in [6.45, 7) is 0. The Morgan fingerprint density at radius 1 is 1.25 bits per heavy atom. The zero-order valence-electron chi connectivity index (χ0n) is 7.05. The van der Waals surface area contributed by atoms with E-state index >= 15 is 0 Å². The molecule has 4 heteroatoms. The van der Waals surface area contributed by atoms with Gasteiger partial charge in [-0.3, -0.25) is 4.98 Å². The highest BCUT2D eigenvalue weighted by molar-refractivity contribution is 5.68. The second-order valence-corrected chi connectivity index (χ2v) is 2.22. The monoisotopic (exact) mass is 162 g/mol. The third-order valence-corrected chi connectivity index (χ3v) is 1.60. The number of nitrogens with zero attached hydrogens (tertiary/aromatic N) is 2. The van der Waals surface area contributed by atoms with Crippen LogP contribution in [0.1, 0.15) is 5.56 Å². The van der Waals surface area contributed by atoms with Crippen LogP contribution in [0, 0.1) is 11.3 Å². The van der Waals surface area contributed by atoms with Gasteiger partial charge in [-0.05, 0) is 0 Å². The molecule has 0 saturated heterocycles. The Kier molecular flexibility index (Phi) is 2.49. The molecule has 0 fully saturated rings. The molecule has 0 aromatic carbocycles. The van der Waals surface area contributed by atoms with E-state index in [9.17, 15) is 0 Å². The fourth-order valence-electron chi connectivity index (χ4n) is 0.960. The highest BCUT2D eigenvalue weighted by Gasteiger charge is 2.04. The van der Waals surface area contributed by atoms with Gasteiger partial charge < -0.3 is 10.6 Å². The third kappa shape index (κ3) is 1.30. The molecule has 0 atom stereocenters. The number of anilines is 2. The smallest absolute Gasteiger partial charge is 0.104 e. The predicted octanol–water partition coefficient (Wildman–Crippen LogP) is 1.04. The van der Waals surface area contributed by atoms with Gasteiger partial charge in [-0.1, -0.05) is 0 Å². The van der Waals surface area contributed by atoms with Gasteiger partial charge in [-0.2, -0.15) is 5.26 Å². The van der Waals surface area contributed by atoms with Crippen molar-refractivity contribution >= 4 is 11.4 Å². The molecular formula is C8H10N4. The Hall–Kier alpha value is -1.76. The van der Waals surface area contributed by atoms with Gasteiger partial charge in [-0.25, -0.2) is 0 Å². The van der Waals surface area contributed by atoms with E-state index in [2.05, 4.69) is 21.7 Å². The van der Waals surface area contributed by atoms with E-state index < -0.39 is 0 Å². The van der Waals surface area contributed by atoms with Crippen LogP contribution < -0.4 is 10.6 Å². The molecule has 0 spiro atoms. The first kappa shape index (κ1) is 8.34. The number of aromatic nitrogens is 1. The molecule has 1 aromatic heterocycles. The fraction of sp³-hybridized carbons (Fsp3) is 0.250. The van der Waals surface area contributed by atoms with Crippen molar-refractivity contribution in [3.05, 3.63) is 18.0 Å². The van der Waals surface area contributed by atoms with Crippen molar-refractivity contribution in [2.75, 3.05) is 24.7 Å². The Labute approximate surface area is 71.2 Å². The van der Waals surface area contributed by atoms with Crippen molar-refractivity contribution in [2.45, 2.75) is 0 Å². The number of pyridine rings is 1. The molecule has 0 aliphatic carbocycles. The normalized spacial score (nSPS) is 8.75. The van der Waals surface area contributed by atoms with Gasteiger partial charge in [0.25, 0.3) is 0 Å². The average Bonchev–Trinajstić information content (AvgIpc) is 2.16. The highest BCUT2D eigenvalue weighted by Crippen LogP contribution is 2.20. The summed E-state index contributed by atoms with van der Waals surface area (Å²) in [4.78, 5) is 3.96. The summed E-state index contributed by atoms with van der Waals surface area (Å²) in [5, 5.41) is 14.6. The predicted molar refractivity (Wildman–Crippen MR) is 48.0 cm³/mol. The molecule has 1 aromatic rings. The van der Waals surface area contributed by atoms with Crippen LogP contribution in [0.3, 0.4) is 0 Å². The topological polar surface area (TPSA) is 60.7 Å². The first-order valence-electron chi connectivity index (χ1n) is 3.57. The van der Waals surface area contributed by atoms with Crippen molar-refractivity contribution < 1.29 is 0 Å². The van der Waals surface area contributed by atoms with Crippen molar-refractivity contribution in [3.8, 4) is 6.07 Å². The van der Waals surface area contributed by atoms with Crippen LogP contribution in [0.15, 0.2) is 12.4 Å². The summed E-state index contributed by atoms with van der Waals surface area (Å²) in [7, 11) is 3.52. The van der Waals surface area contributed by atoms with Gasteiger partial charge >= 0.3 is 0 Å². The summed E-state index contributed by atoms with van der Waals surface area (Å²) in [6.07, 6.45) is 3.25. The quantitative estimate of drug-likeness (QED) is 0.682. The van der Waals surface area contributed by atoms with Crippen molar-refractivity contribution in [3.63, 3.8) is 0 Å². The summed E-state index contributed by atoms with van der Waals surface area (Å²) in [5.74, 6) is 0. The summed E-state index contributed by atoms with van der Waals surface area (Å²) >= 11 is 0. The first-order chi connectivity index (χ1) is 5.83. The van der Waals surface area contributed by atoms with Gasteiger partial charge in [0.15, 0.2) is 0 Å². The van der Waals surface area contributed by atoms with Gasteiger partial charge in [0.1, 0.15) is 11.6 Å². The van der Waals surface area contributed by atoms with E-state index in [1.54, 1.807) is 26.5 Å². The molecule has 0 aliphatic heterocycles. The van der Waals surface area contributed by atoms with E-state index in [1.807, 2.05) is 0 Å². The molecule has 0 unspecified atom stereocenters. The highest BCUT2D eigenvalue weighted by atomic mass is 14.9. The SMILES string of the molecule is CNc1cncc(NC)c1C#N. The Balaban J connectivity index is 3.25. The lowest BCUT2D eigenvalue weighted by molar-refractivity contribution is 1.28. The minimum absolute atomic E-state index is 0.593. The minimum atomic E-state index is 0.593. The number of rotatable bonds is 2. The number of hydrogen-bond acceptors (Lipinski definition) is 4. The van der Waals surface area contributed by atoms with Gasteiger partial charge in [0.2, 0.25) is 0 Å². The van der Waals surface area contributed by atoms with Gasteiger partial charge in [0.05, 0.1) is 23.8 Å². The van der Waals surface area contributed by atoms with Gasteiger partial charge in [0, 0.05) is 14.1 Å². The summed E-state index contributed by atoms with van der Waals surface area (Å²) in [6, 6.07) is 2.10. The van der Waals surface area contributed by atoms with Crippen molar-refractivity contribution in [1.29, 1.82) is 5.26 Å².